The number of nitrogens with one attached hydrogen (secondary N) is 1. The van der Waals surface area contributed by atoms with Gasteiger partial charge >= 0.3 is 6.09 Å². The van der Waals surface area contributed by atoms with Crippen molar-refractivity contribution >= 4 is 6.09 Å². The molecular formula is C19H30N2O2. The summed E-state index contributed by atoms with van der Waals surface area (Å²) in [7, 11) is 0. The largest absolute Gasteiger partial charge is 0.444 e. The smallest absolute Gasteiger partial charge is 0.407 e. The predicted octanol–water partition coefficient (Wildman–Crippen LogP) is 3.61. The highest BCUT2D eigenvalue weighted by molar-refractivity contribution is 5.68. The van der Waals surface area contributed by atoms with Gasteiger partial charge in [-0.15, -0.1) is 0 Å². The Hall–Kier alpha value is -1.55. The van der Waals surface area contributed by atoms with Crippen LogP contribution in [0.15, 0.2) is 30.3 Å². The van der Waals surface area contributed by atoms with Crippen LogP contribution in [0.1, 0.15) is 45.6 Å². The topological polar surface area (TPSA) is 41.6 Å². The van der Waals surface area contributed by atoms with Crippen LogP contribution in [0.3, 0.4) is 0 Å². The summed E-state index contributed by atoms with van der Waals surface area (Å²) < 4.78 is 5.43. The van der Waals surface area contributed by atoms with Crippen LogP contribution in [0.4, 0.5) is 4.79 Å². The molecule has 4 nitrogen and oxygen atoms in total. The predicted molar refractivity (Wildman–Crippen MR) is 93.6 cm³/mol. The van der Waals surface area contributed by atoms with Gasteiger partial charge in [-0.3, -0.25) is 0 Å². The standard InChI is InChI=1S/C19H30N2O2/c1-19(2,3)23-18(22)20-17(14-16-10-6-4-7-11-16)15-21-12-8-5-9-13-21/h4,6-7,10-11,17H,5,8-9,12-15H2,1-3H3,(H,20,22)/t17-/m1/s1. The van der Waals surface area contributed by atoms with E-state index < -0.39 is 5.60 Å². The fraction of sp³-hybridized carbons (Fsp3) is 0.632. The van der Waals surface area contributed by atoms with Gasteiger partial charge in [-0.05, 0) is 58.7 Å². The van der Waals surface area contributed by atoms with Crippen molar-refractivity contribution in [3.05, 3.63) is 35.9 Å². The van der Waals surface area contributed by atoms with Gasteiger partial charge in [0.1, 0.15) is 5.60 Å². The van der Waals surface area contributed by atoms with Gasteiger partial charge in [-0.1, -0.05) is 36.8 Å². The van der Waals surface area contributed by atoms with Gasteiger partial charge in [0.2, 0.25) is 0 Å². The first-order valence-corrected chi connectivity index (χ1v) is 8.68. The number of rotatable bonds is 5. The molecule has 0 aromatic heterocycles. The third-order valence-electron chi connectivity index (χ3n) is 3.97. The highest BCUT2D eigenvalue weighted by atomic mass is 16.6. The number of hydrogen-bond acceptors (Lipinski definition) is 3. The van der Waals surface area contributed by atoms with Crippen LogP contribution >= 0.6 is 0 Å². The number of nitrogens with zero attached hydrogens (tertiary/aromatic N) is 1. The van der Waals surface area contributed by atoms with E-state index in [4.69, 9.17) is 4.74 Å². The SMILES string of the molecule is CC(C)(C)OC(=O)N[C@H](Cc1ccccc1)CN1CCCCC1. The number of carbonyl (C=O) groups is 1. The van der Waals surface area contributed by atoms with Crippen molar-refractivity contribution in [3.8, 4) is 0 Å². The first-order chi connectivity index (χ1) is 10.9. The monoisotopic (exact) mass is 318 g/mol. The van der Waals surface area contributed by atoms with Crippen molar-refractivity contribution in [3.63, 3.8) is 0 Å². The zero-order valence-corrected chi connectivity index (χ0v) is 14.7. The van der Waals surface area contributed by atoms with Crippen LogP contribution in [0.5, 0.6) is 0 Å². The molecule has 0 spiro atoms. The Morgan fingerprint density at radius 2 is 1.83 bits per heavy atom. The molecule has 1 aromatic rings. The van der Waals surface area contributed by atoms with Gasteiger partial charge < -0.3 is 15.0 Å². The molecule has 0 saturated carbocycles. The Morgan fingerprint density at radius 3 is 2.43 bits per heavy atom. The Bertz CT molecular complexity index is 476. The molecule has 4 heteroatoms. The summed E-state index contributed by atoms with van der Waals surface area (Å²) >= 11 is 0. The summed E-state index contributed by atoms with van der Waals surface area (Å²) in [4.78, 5) is 14.6. The van der Waals surface area contributed by atoms with Crippen LogP contribution in [0.25, 0.3) is 0 Å². The first kappa shape index (κ1) is 17.8. The van der Waals surface area contributed by atoms with Gasteiger partial charge in [-0.25, -0.2) is 4.79 Å². The summed E-state index contributed by atoms with van der Waals surface area (Å²) in [5.41, 5.74) is 0.775. The Labute approximate surface area is 140 Å². The molecule has 1 atom stereocenters. The molecule has 1 amide bonds. The van der Waals surface area contributed by atoms with E-state index in [0.717, 1.165) is 26.1 Å². The summed E-state index contributed by atoms with van der Waals surface area (Å²) in [5, 5.41) is 3.07. The lowest BCUT2D eigenvalue weighted by Gasteiger charge is -2.31. The summed E-state index contributed by atoms with van der Waals surface area (Å²) in [6.45, 7) is 8.81. The highest BCUT2D eigenvalue weighted by Crippen LogP contribution is 2.12. The van der Waals surface area contributed by atoms with Crippen molar-refractivity contribution in [1.29, 1.82) is 0 Å². The second-order valence-corrected chi connectivity index (χ2v) is 7.39. The van der Waals surface area contributed by atoms with Crippen molar-refractivity contribution < 1.29 is 9.53 Å². The number of alkyl carbamates (subject to hydrolysis) is 1. The van der Waals surface area contributed by atoms with Crippen molar-refractivity contribution in [1.82, 2.24) is 10.2 Å². The van der Waals surface area contributed by atoms with Crippen LogP contribution < -0.4 is 5.32 Å². The third-order valence-corrected chi connectivity index (χ3v) is 3.97. The van der Waals surface area contributed by atoms with Crippen molar-refractivity contribution in [2.45, 2.75) is 58.1 Å². The maximum atomic E-state index is 12.1. The molecule has 1 N–H and O–H groups in total. The normalized spacial score (nSPS) is 17.5. The van der Waals surface area contributed by atoms with Gasteiger partial charge in [0.05, 0.1) is 0 Å². The van der Waals surface area contributed by atoms with Crippen LogP contribution in [-0.4, -0.2) is 42.3 Å². The summed E-state index contributed by atoms with van der Waals surface area (Å²) in [6.07, 6.45) is 4.33. The maximum absolute atomic E-state index is 12.1. The third kappa shape index (κ3) is 7.04. The van der Waals surface area contributed by atoms with E-state index in [2.05, 4.69) is 22.3 Å². The molecule has 1 aliphatic heterocycles. The quantitative estimate of drug-likeness (QED) is 0.902. The number of hydrogen-bond donors (Lipinski definition) is 1. The average molecular weight is 318 g/mol. The summed E-state index contributed by atoms with van der Waals surface area (Å²) in [5.74, 6) is 0. The number of ether oxygens (including phenoxy) is 1. The number of carbonyl (C=O) groups excluding carboxylic acids is 1. The van der Waals surface area contributed by atoms with Crippen molar-refractivity contribution in [2.75, 3.05) is 19.6 Å². The number of piperidine rings is 1. The molecule has 0 bridgehead atoms. The second kappa shape index (κ2) is 8.34. The van der Waals surface area contributed by atoms with E-state index in [-0.39, 0.29) is 12.1 Å². The van der Waals surface area contributed by atoms with E-state index in [9.17, 15) is 4.79 Å². The number of likely N-dealkylation sites (tertiary alicyclic amines) is 1. The highest BCUT2D eigenvalue weighted by Gasteiger charge is 2.22. The van der Waals surface area contributed by atoms with E-state index in [1.807, 2.05) is 39.0 Å². The average Bonchev–Trinajstić information content (AvgIpc) is 2.47. The van der Waals surface area contributed by atoms with Gasteiger partial charge in [0.15, 0.2) is 0 Å². The van der Waals surface area contributed by atoms with Gasteiger partial charge in [-0.2, -0.15) is 0 Å². The molecule has 1 heterocycles. The maximum Gasteiger partial charge on any atom is 0.407 e. The van der Waals surface area contributed by atoms with Crippen LogP contribution in [0, 0.1) is 0 Å². The molecule has 1 fully saturated rings. The molecule has 0 radical (unpaired) electrons. The molecule has 23 heavy (non-hydrogen) atoms. The number of amides is 1. The van der Waals surface area contributed by atoms with E-state index in [0.29, 0.717) is 0 Å². The molecule has 128 valence electrons. The van der Waals surface area contributed by atoms with E-state index in [1.54, 1.807) is 0 Å². The molecule has 1 aromatic carbocycles. The Balaban J connectivity index is 1.96. The van der Waals surface area contributed by atoms with Crippen molar-refractivity contribution in [2.24, 2.45) is 0 Å². The molecule has 1 aliphatic rings. The van der Waals surface area contributed by atoms with Crippen LogP contribution in [0.2, 0.25) is 0 Å². The summed E-state index contributed by atoms with van der Waals surface area (Å²) in [6, 6.07) is 10.4. The van der Waals surface area contributed by atoms with Gasteiger partial charge in [0, 0.05) is 12.6 Å². The Kier molecular flexibility index (Phi) is 6.46. The minimum absolute atomic E-state index is 0.0744. The molecule has 0 unspecified atom stereocenters. The number of benzene rings is 1. The zero-order valence-electron chi connectivity index (χ0n) is 14.7. The fourth-order valence-electron chi connectivity index (χ4n) is 2.99. The molecule has 1 saturated heterocycles. The first-order valence-electron chi connectivity index (χ1n) is 8.68. The molecule has 0 aliphatic carbocycles. The minimum Gasteiger partial charge on any atom is -0.444 e. The lowest BCUT2D eigenvalue weighted by Crippen LogP contribution is -2.47. The minimum atomic E-state index is -0.466. The Morgan fingerprint density at radius 1 is 1.17 bits per heavy atom. The van der Waals surface area contributed by atoms with E-state index in [1.165, 1.54) is 24.8 Å². The fourth-order valence-corrected chi connectivity index (χ4v) is 2.99. The molecular weight excluding hydrogens is 288 g/mol. The van der Waals surface area contributed by atoms with Gasteiger partial charge in [0.25, 0.3) is 0 Å². The van der Waals surface area contributed by atoms with E-state index >= 15 is 0 Å². The second-order valence-electron chi connectivity index (χ2n) is 7.39. The molecule has 2 rings (SSSR count). The lowest BCUT2D eigenvalue weighted by atomic mass is 10.0. The lowest BCUT2D eigenvalue weighted by molar-refractivity contribution is 0.0488. The zero-order chi connectivity index (χ0) is 16.7. The van der Waals surface area contributed by atoms with Crippen LogP contribution in [-0.2, 0) is 11.2 Å².